The molecule has 1 unspecified atom stereocenters. The number of hydrogen-bond donors (Lipinski definition) is 2. The summed E-state index contributed by atoms with van der Waals surface area (Å²) < 4.78 is 0. The van der Waals surface area contributed by atoms with Crippen LogP contribution in [0.4, 0.5) is 0 Å². The fourth-order valence-corrected chi connectivity index (χ4v) is 2.89. The van der Waals surface area contributed by atoms with Gasteiger partial charge in [-0.2, -0.15) is 0 Å². The second kappa shape index (κ2) is 6.69. The highest BCUT2D eigenvalue weighted by Crippen LogP contribution is 2.27. The molecule has 0 saturated heterocycles. The van der Waals surface area contributed by atoms with Crippen LogP contribution in [0.25, 0.3) is 0 Å². The Morgan fingerprint density at radius 1 is 1.37 bits per heavy atom. The molecule has 0 aliphatic heterocycles. The van der Waals surface area contributed by atoms with Gasteiger partial charge in [-0.15, -0.1) is 0 Å². The maximum atomic E-state index is 10.6. The van der Waals surface area contributed by atoms with Crippen LogP contribution in [0.3, 0.4) is 0 Å². The van der Waals surface area contributed by atoms with E-state index >= 15 is 0 Å². The van der Waals surface area contributed by atoms with Crippen molar-refractivity contribution in [2.24, 2.45) is 0 Å². The molecule has 0 bridgehead atoms. The van der Waals surface area contributed by atoms with Crippen molar-refractivity contribution < 1.29 is 5.11 Å². The molecule has 2 rings (SSSR count). The van der Waals surface area contributed by atoms with Crippen molar-refractivity contribution in [2.45, 2.75) is 57.1 Å². The summed E-state index contributed by atoms with van der Waals surface area (Å²) >= 11 is 5.90. The average molecular weight is 283 g/mol. The van der Waals surface area contributed by atoms with E-state index in [1.165, 1.54) is 12.8 Å². The molecule has 1 heterocycles. The van der Waals surface area contributed by atoms with E-state index < -0.39 is 5.60 Å². The van der Waals surface area contributed by atoms with Gasteiger partial charge >= 0.3 is 0 Å². The van der Waals surface area contributed by atoms with Gasteiger partial charge in [0, 0.05) is 18.8 Å². The summed E-state index contributed by atoms with van der Waals surface area (Å²) in [5.41, 5.74) is 0.568. The molecule has 19 heavy (non-hydrogen) atoms. The van der Waals surface area contributed by atoms with Gasteiger partial charge in [0.25, 0.3) is 0 Å². The molecule has 0 radical (unpaired) electrons. The van der Waals surface area contributed by atoms with Gasteiger partial charge in [0.05, 0.1) is 5.60 Å². The molecule has 0 amide bonds. The Bertz CT molecular complexity index is 403. The highest BCUT2D eigenvalue weighted by atomic mass is 35.5. The topological polar surface area (TPSA) is 45.1 Å². The molecule has 1 aromatic rings. The summed E-state index contributed by atoms with van der Waals surface area (Å²) in [6.07, 6.45) is 8.29. The lowest BCUT2D eigenvalue weighted by Crippen LogP contribution is -2.41. The number of nitrogens with one attached hydrogen (secondary N) is 1. The first-order chi connectivity index (χ1) is 9.09. The van der Waals surface area contributed by atoms with Crippen LogP contribution >= 0.6 is 11.6 Å². The molecule has 1 atom stereocenters. The van der Waals surface area contributed by atoms with Gasteiger partial charge in [-0.05, 0) is 37.5 Å². The number of aliphatic hydroxyl groups is 1. The lowest BCUT2D eigenvalue weighted by Gasteiger charge is -2.29. The van der Waals surface area contributed by atoms with Gasteiger partial charge in [-0.25, -0.2) is 4.98 Å². The van der Waals surface area contributed by atoms with Crippen LogP contribution < -0.4 is 5.32 Å². The van der Waals surface area contributed by atoms with Crippen LogP contribution in [0, 0.1) is 0 Å². The monoisotopic (exact) mass is 282 g/mol. The molecule has 1 aliphatic carbocycles. The number of halogens is 1. The van der Waals surface area contributed by atoms with Crippen LogP contribution in [0.5, 0.6) is 0 Å². The Balaban J connectivity index is 1.90. The minimum absolute atomic E-state index is 0.174. The first kappa shape index (κ1) is 14.8. The standard InChI is InChI=1S/C15H23ClN2O/c1-12(13-6-9-17-14(16)10-13)18-11-15(19)7-4-2-3-5-8-15/h6,9-10,12,18-19H,2-5,7-8,11H2,1H3. The molecule has 1 aliphatic rings. The number of nitrogens with zero attached hydrogens (tertiary/aromatic N) is 1. The first-order valence-electron chi connectivity index (χ1n) is 7.16. The van der Waals surface area contributed by atoms with Crippen LogP contribution in [0.15, 0.2) is 18.3 Å². The second-order valence-corrected chi connectivity index (χ2v) is 6.04. The summed E-state index contributed by atoms with van der Waals surface area (Å²) in [6.45, 7) is 2.74. The van der Waals surface area contributed by atoms with Crippen molar-refractivity contribution >= 4 is 11.6 Å². The van der Waals surface area contributed by atoms with E-state index in [0.29, 0.717) is 11.7 Å². The summed E-state index contributed by atoms with van der Waals surface area (Å²) in [6, 6.07) is 4.00. The molecular weight excluding hydrogens is 260 g/mol. The van der Waals surface area contributed by atoms with E-state index in [1.54, 1.807) is 6.20 Å². The third-order valence-corrected chi connectivity index (χ3v) is 4.23. The number of aromatic nitrogens is 1. The predicted octanol–water partition coefficient (Wildman–Crippen LogP) is 3.47. The fraction of sp³-hybridized carbons (Fsp3) is 0.667. The van der Waals surface area contributed by atoms with E-state index in [2.05, 4.69) is 17.2 Å². The van der Waals surface area contributed by atoms with Crippen LogP contribution in [0.1, 0.15) is 57.1 Å². The fourth-order valence-electron chi connectivity index (χ4n) is 2.71. The Kier molecular flexibility index (Phi) is 5.20. The molecular formula is C15H23ClN2O. The van der Waals surface area contributed by atoms with Crippen molar-refractivity contribution in [1.82, 2.24) is 10.3 Å². The van der Waals surface area contributed by atoms with Gasteiger partial charge in [0.2, 0.25) is 0 Å². The lowest BCUT2D eigenvalue weighted by atomic mass is 9.94. The highest BCUT2D eigenvalue weighted by molar-refractivity contribution is 6.29. The highest BCUT2D eigenvalue weighted by Gasteiger charge is 2.28. The zero-order valence-electron chi connectivity index (χ0n) is 11.5. The summed E-state index contributed by atoms with van der Waals surface area (Å²) in [5.74, 6) is 0. The quantitative estimate of drug-likeness (QED) is 0.656. The molecule has 3 nitrogen and oxygen atoms in total. The van der Waals surface area contributed by atoms with Crippen molar-refractivity contribution in [3.8, 4) is 0 Å². The first-order valence-corrected chi connectivity index (χ1v) is 7.54. The zero-order valence-corrected chi connectivity index (χ0v) is 12.3. The van der Waals surface area contributed by atoms with E-state index in [0.717, 1.165) is 31.2 Å². The number of pyridine rings is 1. The molecule has 2 N–H and O–H groups in total. The molecule has 4 heteroatoms. The van der Waals surface area contributed by atoms with Crippen molar-refractivity contribution in [1.29, 1.82) is 0 Å². The van der Waals surface area contributed by atoms with Crippen molar-refractivity contribution in [2.75, 3.05) is 6.54 Å². The molecule has 106 valence electrons. The van der Waals surface area contributed by atoms with Crippen LogP contribution in [-0.4, -0.2) is 22.2 Å². The van der Waals surface area contributed by atoms with Crippen molar-refractivity contribution in [3.63, 3.8) is 0 Å². The van der Waals surface area contributed by atoms with E-state index in [-0.39, 0.29) is 6.04 Å². The third-order valence-electron chi connectivity index (χ3n) is 4.02. The van der Waals surface area contributed by atoms with Gasteiger partial charge in [0.1, 0.15) is 5.15 Å². The number of rotatable bonds is 4. The molecule has 1 saturated carbocycles. The molecule has 0 spiro atoms. The van der Waals surface area contributed by atoms with Crippen LogP contribution in [0.2, 0.25) is 5.15 Å². The van der Waals surface area contributed by atoms with Gasteiger partial charge in [0.15, 0.2) is 0 Å². The minimum atomic E-state index is -0.540. The van der Waals surface area contributed by atoms with E-state index in [1.807, 2.05) is 12.1 Å². The zero-order chi connectivity index (χ0) is 13.7. The molecule has 0 aromatic carbocycles. The second-order valence-electron chi connectivity index (χ2n) is 5.65. The smallest absolute Gasteiger partial charge is 0.129 e. The Morgan fingerprint density at radius 2 is 2.05 bits per heavy atom. The maximum Gasteiger partial charge on any atom is 0.129 e. The molecule has 1 aromatic heterocycles. The Labute approximate surface area is 120 Å². The average Bonchev–Trinajstić information content (AvgIpc) is 2.61. The van der Waals surface area contributed by atoms with Gasteiger partial charge in [-0.3, -0.25) is 0 Å². The third kappa shape index (κ3) is 4.44. The minimum Gasteiger partial charge on any atom is -0.389 e. The summed E-state index contributed by atoms with van der Waals surface area (Å²) in [5, 5.41) is 14.5. The summed E-state index contributed by atoms with van der Waals surface area (Å²) in [7, 11) is 0. The van der Waals surface area contributed by atoms with Gasteiger partial charge < -0.3 is 10.4 Å². The largest absolute Gasteiger partial charge is 0.389 e. The number of hydrogen-bond acceptors (Lipinski definition) is 3. The SMILES string of the molecule is CC(NCC1(O)CCCCCC1)c1ccnc(Cl)c1. The van der Waals surface area contributed by atoms with E-state index in [9.17, 15) is 5.11 Å². The lowest BCUT2D eigenvalue weighted by molar-refractivity contribution is 0.0231. The normalized spacial score (nSPS) is 20.8. The van der Waals surface area contributed by atoms with Crippen LogP contribution in [-0.2, 0) is 0 Å². The molecule has 1 fully saturated rings. The summed E-state index contributed by atoms with van der Waals surface area (Å²) in [4.78, 5) is 3.99. The Morgan fingerprint density at radius 3 is 2.68 bits per heavy atom. The van der Waals surface area contributed by atoms with Gasteiger partial charge in [-0.1, -0.05) is 37.3 Å². The Hall–Kier alpha value is -0.640. The van der Waals surface area contributed by atoms with Crippen molar-refractivity contribution in [3.05, 3.63) is 29.0 Å². The van der Waals surface area contributed by atoms with E-state index in [4.69, 9.17) is 11.6 Å². The maximum absolute atomic E-state index is 10.6. The predicted molar refractivity (Wildman–Crippen MR) is 78.3 cm³/mol.